The van der Waals surface area contributed by atoms with Crippen molar-refractivity contribution in [3.63, 3.8) is 0 Å². The number of unbranched alkanes of at least 4 members (excludes halogenated alkanes) is 1. The van der Waals surface area contributed by atoms with Crippen molar-refractivity contribution >= 4 is 28.5 Å². The third-order valence-electron chi connectivity index (χ3n) is 5.87. The first-order chi connectivity index (χ1) is 17.9. The minimum absolute atomic E-state index is 0.0220. The standard InChI is InChI=1S/C31H37NO5/c1-6-8-10-30(34)27(29(33)9-7-2)17-22-11-13-24(14-12-22)36-20-23-19-32-28-16-15-25(35-5)18-26(28)31(23)37-21(3)4/h11-19,21H,6-10,20H2,1-5H3. The molecule has 0 fully saturated rings. The van der Waals surface area contributed by atoms with Crippen molar-refractivity contribution in [1.82, 2.24) is 4.98 Å². The van der Waals surface area contributed by atoms with Gasteiger partial charge in [-0.25, -0.2) is 0 Å². The fourth-order valence-corrected chi connectivity index (χ4v) is 3.93. The van der Waals surface area contributed by atoms with Gasteiger partial charge in [0.15, 0.2) is 11.6 Å². The van der Waals surface area contributed by atoms with Crippen molar-refractivity contribution in [3.8, 4) is 17.2 Å². The fraction of sp³-hybridized carbons (Fsp3) is 0.387. The van der Waals surface area contributed by atoms with Crippen molar-refractivity contribution in [3.05, 3.63) is 65.4 Å². The van der Waals surface area contributed by atoms with E-state index in [1.165, 1.54) is 0 Å². The summed E-state index contributed by atoms with van der Waals surface area (Å²) in [6.07, 6.45) is 6.63. The van der Waals surface area contributed by atoms with Crippen LogP contribution in [-0.2, 0) is 16.2 Å². The van der Waals surface area contributed by atoms with Gasteiger partial charge in [-0.3, -0.25) is 14.6 Å². The molecule has 6 nitrogen and oxygen atoms in total. The average Bonchev–Trinajstić information content (AvgIpc) is 2.90. The van der Waals surface area contributed by atoms with E-state index in [9.17, 15) is 9.59 Å². The Kier molecular flexibility index (Phi) is 10.2. The Morgan fingerprint density at radius 1 is 0.946 bits per heavy atom. The molecular weight excluding hydrogens is 466 g/mol. The van der Waals surface area contributed by atoms with E-state index in [4.69, 9.17) is 14.2 Å². The first-order valence-corrected chi connectivity index (χ1v) is 13.0. The molecule has 0 unspecified atom stereocenters. The molecule has 0 saturated heterocycles. The van der Waals surface area contributed by atoms with Gasteiger partial charge in [-0.05, 0) is 68.7 Å². The molecule has 2 aromatic carbocycles. The molecule has 0 N–H and O–H groups in total. The number of carbonyl (C=O) groups excluding carboxylic acids is 2. The predicted octanol–water partition coefficient (Wildman–Crippen LogP) is 7.12. The molecular formula is C31H37NO5. The molecule has 0 aliphatic rings. The van der Waals surface area contributed by atoms with Crippen LogP contribution in [0.1, 0.15) is 70.9 Å². The third kappa shape index (κ3) is 7.66. The van der Waals surface area contributed by atoms with Crippen molar-refractivity contribution in [2.45, 2.75) is 72.5 Å². The number of aromatic nitrogens is 1. The normalized spacial score (nSPS) is 11.6. The number of methoxy groups -OCH3 is 1. The summed E-state index contributed by atoms with van der Waals surface area (Å²) in [6.45, 7) is 8.21. The fourth-order valence-electron chi connectivity index (χ4n) is 3.93. The lowest BCUT2D eigenvalue weighted by atomic mass is 9.97. The summed E-state index contributed by atoms with van der Waals surface area (Å²) in [6, 6.07) is 13.1. The number of rotatable bonds is 14. The van der Waals surface area contributed by atoms with E-state index >= 15 is 0 Å². The second-order valence-electron chi connectivity index (χ2n) is 9.28. The third-order valence-corrected chi connectivity index (χ3v) is 5.87. The summed E-state index contributed by atoms with van der Waals surface area (Å²) in [5, 5.41) is 0.867. The Morgan fingerprint density at radius 3 is 2.30 bits per heavy atom. The minimum Gasteiger partial charge on any atom is -0.497 e. The Bertz CT molecular complexity index is 1240. The number of ether oxygens (including phenoxy) is 3. The number of Topliss-reactive ketones (excluding diaryl/α,β-unsaturated/α-hetero) is 2. The second-order valence-corrected chi connectivity index (χ2v) is 9.28. The van der Waals surface area contributed by atoms with Crippen LogP contribution in [-0.4, -0.2) is 29.8 Å². The maximum Gasteiger partial charge on any atom is 0.166 e. The van der Waals surface area contributed by atoms with Crippen molar-refractivity contribution in [2.24, 2.45) is 0 Å². The van der Waals surface area contributed by atoms with Crippen LogP contribution in [0.2, 0.25) is 0 Å². The summed E-state index contributed by atoms with van der Waals surface area (Å²) in [5.41, 5.74) is 2.72. The number of allylic oxidation sites excluding steroid dienone is 1. The molecule has 0 bridgehead atoms. The molecule has 3 rings (SSSR count). The number of ketones is 2. The smallest absolute Gasteiger partial charge is 0.166 e. The SMILES string of the molecule is CCCCC(=O)C(=Cc1ccc(OCc2cnc3ccc(OC)cc3c2OC(C)C)cc1)C(=O)CCC. The lowest BCUT2D eigenvalue weighted by molar-refractivity contribution is -0.121. The van der Waals surface area contributed by atoms with Gasteiger partial charge in [-0.15, -0.1) is 0 Å². The monoisotopic (exact) mass is 503 g/mol. The van der Waals surface area contributed by atoms with E-state index in [0.29, 0.717) is 25.0 Å². The summed E-state index contributed by atoms with van der Waals surface area (Å²) in [4.78, 5) is 29.8. The van der Waals surface area contributed by atoms with Gasteiger partial charge in [0.25, 0.3) is 0 Å². The quantitative estimate of drug-likeness (QED) is 0.132. The van der Waals surface area contributed by atoms with Gasteiger partial charge < -0.3 is 14.2 Å². The Morgan fingerprint density at radius 2 is 1.65 bits per heavy atom. The predicted molar refractivity (Wildman–Crippen MR) is 147 cm³/mol. The highest BCUT2D eigenvalue weighted by Crippen LogP contribution is 2.33. The highest BCUT2D eigenvalue weighted by atomic mass is 16.5. The average molecular weight is 504 g/mol. The Labute approximate surface area is 219 Å². The van der Waals surface area contributed by atoms with Crippen LogP contribution in [0.4, 0.5) is 0 Å². The lowest BCUT2D eigenvalue weighted by Gasteiger charge is -2.17. The van der Waals surface area contributed by atoms with E-state index in [1.54, 1.807) is 19.4 Å². The van der Waals surface area contributed by atoms with E-state index in [1.807, 2.05) is 70.2 Å². The molecule has 3 aromatic rings. The van der Waals surface area contributed by atoms with Crippen LogP contribution in [0.3, 0.4) is 0 Å². The molecule has 0 radical (unpaired) electrons. The van der Waals surface area contributed by atoms with Gasteiger partial charge in [-0.2, -0.15) is 0 Å². The molecule has 0 atom stereocenters. The van der Waals surface area contributed by atoms with Gasteiger partial charge in [0.05, 0.1) is 29.9 Å². The van der Waals surface area contributed by atoms with Crippen molar-refractivity contribution < 1.29 is 23.8 Å². The molecule has 0 aliphatic carbocycles. The van der Waals surface area contributed by atoms with Crippen molar-refractivity contribution in [1.29, 1.82) is 0 Å². The van der Waals surface area contributed by atoms with Crippen LogP contribution < -0.4 is 14.2 Å². The number of hydrogen-bond donors (Lipinski definition) is 0. The summed E-state index contributed by atoms with van der Waals surface area (Å²) < 4.78 is 17.6. The number of pyridine rings is 1. The highest BCUT2D eigenvalue weighted by molar-refractivity contribution is 6.23. The molecule has 6 heteroatoms. The molecule has 1 aromatic heterocycles. The van der Waals surface area contributed by atoms with E-state index < -0.39 is 0 Å². The van der Waals surface area contributed by atoms with Gasteiger partial charge in [0.1, 0.15) is 23.9 Å². The number of hydrogen-bond acceptors (Lipinski definition) is 6. The van der Waals surface area contributed by atoms with Crippen LogP contribution in [0, 0.1) is 0 Å². The summed E-state index contributed by atoms with van der Waals surface area (Å²) in [5.74, 6) is 1.94. The van der Waals surface area contributed by atoms with E-state index in [2.05, 4.69) is 4.98 Å². The Balaban J connectivity index is 1.81. The van der Waals surface area contributed by atoms with Gasteiger partial charge in [-0.1, -0.05) is 32.4 Å². The maximum absolute atomic E-state index is 12.7. The van der Waals surface area contributed by atoms with Crippen LogP contribution in [0.25, 0.3) is 17.0 Å². The zero-order valence-corrected chi connectivity index (χ0v) is 22.5. The molecule has 0 aliphatic heterocycles. The lowest BCUT2D eigenvalue weighted by Crippen LogP contribution is -2.12. The molecule has 0 saturated carbocycles. The first-order valence-electron chi connectivity index (χ1n) is 13.0. The van der Waals surface area contributed by atoms with Gasteiger partial charge >= 0.3 is 0 Å². The second kappa shape index (κ2) is 13.6. The van der Waals surface area contributed by atoms with Crippen LogP contribution in [0.15, 0.2) is 54.2 Å². The minimum atomic E-state index is -0.0953. The van der Waals surface area contributed by atoms with Gasteiger partial charge in [0.2, 0.25) is 0 Å². The highest BCUT2D eigenvalue weighted by Gasteiger charge is 2.17. The first kappa shape index (κ1) is 27.9. The maximum atomic E-state index is 12.7. The zero-order valence-electron chi connectivity index (χ0n) is 22.5. The molecule has 1 heterocycles. The topological polar surface area (TPSA) is 74.7 Å². The molecule has 0 amide bonds. The van der Waals surface area contributed by atoms with Gasteiger partial charge in [0, 0.05) is 24.4 Å². The van der Waals surface area contributed by atoms with Crippen LogP contribution in [0.5, 0.6) is 17.2 Å². The largest absolute Gasteiger partial charge is 0.497 e. The zero-order chi connectivity index (χ0) is 26.8. The number of fused-ring (bicyclic) bond motifs is 1. The van der Waals surface area contributed by atoms with E-state index in [0.717, 1.165) is 46.4 Å². The van der Waals surface area contributed by atoms with E-state index in [-0.39, 0.29) is 29.9 Å². The number of benzene rings is 2. The van der Waals surface area contributed by atoms with Crippen molar-refractivity contribution in [2.75, 3.05) is 7.11 Å². The Hall–Kier alpha value is -3.67. The summed E-state index contributed by atoms with van der Waals surface area (Å²) in [7, 11) is 1.63. The summed E-state index contributed by atoms with van der Waals surface area (Å²) >= 11 is 0. The molecule has 0 spiro atoms. The molecule has 37 heavy (non-hydrogen) atoms. The number of carbonyl (C=O) groups is 2. The number of nitrogens with zero attached hydrogens (tertiary/aromatic N) is 1. The van der Waals surface area contributed by atoms with Crippen LogP contribution >= 0.6 is 0 Å². The molecule has 196 valence electrons.